The molecule has 0 aliphatic carbocycles. The van der Waals surface area contributed by atoms with Crippen LogP contribution in [0.2, 0.25) is 0 Å². The zero-order valence-corrected chi connectivity index (χ0v) is 13.5. The van der Waals surface area contributed by atoms with E-state index in [2.05, 4.69) is 19.2 Å². The topological polar surface area (TPSA) is 43.6 Å². The van der Waals surface area contributed by atoms with Crippen LogP contribution in [0.3, 0.4) is 0 Å². The zero-order valence-electron chi connectivity index (χ0n) is 13.5. The zero-order chi connectivity index (χ0) is 15.0. The molecule has 4 nitrogen and oxygen atoms in total. The fourth-order valence-electron chi connectivity index (χ4n) is 1.72. The summed E-state index contributed by atoms with van der Waals surface area (Å²) in [5, 5.41) is 3.41. The highest BCUT2D eigenvalue weighted by atomic mass is 16.5. The van der Waals surface area contributed by atoms with Crippen molar-refractivity contribution < 1.29 is 13.9 Å². The Kier molecular flexibility index (Phi) is 7.27. The van der Waals surface area contributed by atoms with Crippen LogP contribution in [0.25, 0.3) is 0 Å². The van der Waals surface area contributed by atoms with Crippen molar-refractivity contribution in [2.75, 3.05) is 19.8 Å². The van der Waals surface area contributed by atoms with Crippen LogP contribution in [0, 0.1) is 5.92 Å². The number of hydrogen-bond donors (Lipinski definition) is 1. The fraction of sp³-hybridized carbons (Fsp3) is 0.750. The Morgan fingerprint density at radius 1 is 1.25 bits per heavy atom. The van der Waals surface area contributed by atoms with E-state index >= 15 is 0 Å². The molecule has 0 aromatic carbocycles. The summed E-state index contributed by atoms with van der Waals surface area (Å²) < 4.78 is 16.7. The molecule has 1 N–H and O–H groups in total. The number of ether oxygens (including phenoxy) is 2. The fourth-order valence-corrected chi connectivity index (χ4v) is 1.72. The smallest absolute Gasteiger partial charge is 0.133 e. The van der Waals surface area contributed by atoms with Gasteiger partial charge in [0, 0.05) is 12.1 Å². The minimum Gasteiger partial charge on any atom is -0.467 e. The summed E-state index contributed by atoms with van der Waals surface area (Å²) in [6.07, 6.45) is 1.72. The van der Waals surface area contributed by atoms with Crippen LogP contribution in [0.15, 0.2) is 16.7 Å². The normalized spacial score (nSPS) is 12.3. The molecule has 116 valence electrons. The molecule has 0 aliphatic heterocycles. The van der Waals surface area contributed by atoms with Crippen molar-refractivity contribution >= 4 is 0 Å². The average Bonchev–Trinajstić information content (AvgIpc) is 2.74. The second-order valence-electron chi connectivity index (χ2n) is 6.41. The van der Waals surface area contributed by atoms with Gasteiger partial charge in [-0.3, -0.25) is 0 Å². The van der Waals surface area contributed by atoms with Gasteiger partial charge in [-0.15, -0.1) is 0 Å². The Morgan fingerprint density at radius 2 is 2.00 bits per heavy atom. The molecule has 0 aliphatic rings. The number of rotatable bonds is 9. The summed E-state index contributed by atoms with van der Waals surface area (Å²) in [6.45, 7) is 14.0. The molecule has 4 heteroatoms. The van der Waals surface area contributed by atoms with Crippen molar-refractivity contribution in [2.24, 2.45) is 5.92 Å². The van der Waals surface area contributed by atoms with Crippen LogP contribution < -0.4 is 5.32 Å². The van der Waals surface area contributed by atoms with Gasteiger partial charge in [0.1, 0.15) is 12.4 Å². The van der Waals surface area contributed by atoms with Gasteiger partial charge in [-0.05, 0) is 39.3 Å². The summed E-state index contributed by atoms with van der Waals surface area (Å²) in [4.78, 5) is 0. The van der Waals surface area contributed by atoms with Crippen LogP contribution in [-0.4, -0.2) is 25.4 Å². The molecule has 1 aromatic heterocycles. The molecule has 1 heterocycles. The Bertz CT molecular complexity index is 366. The highest BCUT2D eigenvalue weighted by Gasteiger charge is 2.10. The SMILES string of the molecule is CC(C)CNCc1ccoc1COCCOC(C)(C)C. The molecule has 0 bridgehead atoms. The first kappa shape index (κ1) is 17.2. The van der Waals surface area contributed by atoms with Crippen LogP contribution >= 0.6 is 0 Å². The maximum absolute atomic E-state index is 5.60. The monoisotopic (exact) mass is 283 g/mol. The highest BCUT2D eigenvalue weighted by molar-refractivity contribution is 5.16. The first-order valence-electron chi connectivity index (χ1n) is 7.36. The van der Waals surface area contributed by atoms with Crippen LogP contribution in [0.4, 0.5) is 0 Å². The number of furan rings is 1. The Hall–Kier alpha value is -0.840. The Labute approximate surface area is 122 Å². The molecular formula is C16H29NO3. The van der Waals surface area contributed by atoms with Gasteiger partial charge in [-0.25, -0.2) is 0 Å². The highest BCUT2D eigenvalue weighted by Crippen LogP contribution is 2.12. The predicted octanol–water partition coefficient (Wildman–Crippen LogP) is 3.36. The van der Waals surface area contributed by atoms with Crippen LogP contribution in [0.1, 0.15) is 45.9 Å². The molecule has 0 unspecified atom stereocenters. The van der Waals surface area contributed by atoms with Crippen molar-refractivity contribution in [3.63, 3.8) is 0 Å². The molecule has 1 rings (SSSR count). The van der Waals surface area contributed by atoms with E-state index in [1.165, 1.54) is 5.56 Å². The van der Waals surface area contributed by atoms with Gasteiger partial charge >= 0.3 is 0 Å². The van der Waals surface area contributed by atoms with Gasteiger partial charge in [-0.1, -0.05) is 13.8 Å². The lowest BCUT2D eigenvalue weighted by Gasteiger charge is -2.19. The lowest BCUT2D eigenvalue weighted by Crippen LogP contribution is -2.22. The first-order chi connectivity index (χ1) is 9.38. The van der Waals surface area contributed by atoms with Gasteiger partial charge in [0.15, 0.2) is 0 Å². The second kappa shape index (κ2) is 8.45. The van der Waals surface area contributed by atoms with E-state index in [1.807, 2.05) is 26.8 Å². The molecule has 0 spiro atoms. The van der Waals surface area contributed by atoms with E-state index in [0.29, 0.717) is 25.7 Å². The van der Waals surface area contributed by atoms with Crippen molar-refractivity contribution in [2.45, 2.75) is 53.4 Å². The van der Waals surface area contributed by atoms with Gasteiger partial charge in [0.25, 0.3) is 0 Å². The quantitative estimate of drug-likeness (QED) is 0.706. The van der Waals surface area contributed by atoms with E-state index in [0.717, 1.165) is 18.8 Å². The summed E-state index contributed by atoms with van der Waals surface area (Å²) in [5.41, 5.74) is 1.06. The first-order valence-corrected chi connectivity index (χ1v) is 7.36. The maximum atomic E-state index is 5.60. The molecule has 0 fully saturated rings. The van der Waals surface area contributed by atoms with Gasteiger partial charge in [0.2, 0.25) is 0 Å². The molecule has 0 atom stereocenters. The third kappa shape index (κ3) is 7.68. The van der Waals surface area contributed by atoms with Crippen LogP contribution in [-0.2, 0) is 22.6 Å². The maximum Gasteiger partial charge on any atom is 0.133 e. The van der Waals surface area contributed by atoms with E-state index < -0.39 is 0 Å². The minimum atomic E-state index is -0.111. The molecule has 20 heavy (non-hydrogen) atoms. The summed E-state index contributed by atoms with van der Waals surface area (Å²) in [6, 6.07) is 2.00. The van der Waals surface area contributed by atoms with Crippen molar-refractivity contribution in [3.8, 4) is 0 Å². The van der Waals surface area contributed by atoms with Crippen molar-refractivity contribution in [1.29, 1.82) is 0 Å². The molecule has 0 saturated carbocycles. The van der Waals surface area contributed by atoms with Crippen molar-refractivity contribution in [1.82, 2.24) is 5.32 Å². The Balaban J connectivity index is 2.22. The lowest BCUT2D eigenvalue weighted by atomic mass is 10.2. The largest absolute Gasteiger partial charge is 0.467 e. The molecule has 0 amide bonds. The molecular weight excluding hydrogens is 254 g/mol. The lowest BCUT2D eigenvalue weighted by molar-refractivity contribution is -0.0395. The Morgan fingerprint density at radius 3 is 2.65 bits per heavy atom. The van der Waals surface area contributed by atoms with Crippen LogP contribution in [0.5, 0.6) is 0 Å². The molecule has 1 aromatic rings. The standard InChI is InChI=1S/C16H29NO3/c1-13(2)10-17-11-14-6-7-19-15(14)12-18-8-9-20-16(3,4)5/h6-7,13,17H,8-12H2,1-5H3. The third-order valence-corrected chi connectivity index (χ3v) is 2.70. The van der Waals surface area contributed by atoms with Gasteiger partial charge in [-0.2, -0.15) is 0 Å². The average molecular weight is 283 g/mol. The van der Waals surface area contributed by atoms with E-state index in [1.54, 1.807) is 6.26 Å². The molecule has 0 saturated heterocycles. The predicted molar refractivity (Wildman–Crippen MR) is 80.6 cm³/mol. The number of nitrogens with one attached hydrogen (secondary N) is 1. The van der Waals surface area contributed by atoms with Crippen molar-refractivity contribution in [3.05, 3.63) is 23.7 Å². The summed E-state index contributed by atoms with van der Waals surface area (Å²) in [5.74, 6) is 1.55. The summed E-state index contributed by atoms with van der Waals surface area (Å²) >= 11 is 0. The molecule has 0 radical (unpaired) electrons. The number of hydrogen-bond acceptors (Lipinski definition) is 4. The van der Waals surface area contributed by atoms with E-state index in [4.69, 9.17) is 13.9 Å². The minimum absolute atomic E-state index is 0.111. The third-order valence-electron chi connectivity index (χ3n) is 2.70. The van der Waals surface area contributed by atoms with E-state index in [9.17, 15) is 0 Å². The van der Waals surface area contributed by atoms with Gasteiger partial charge < -0.3 is 19.2 Å². The summed E-state index contributed by atoms with van der Waals surface area (Å²) in [7, 11) is 0. The van der Waals surface area contributed by atoms with E-state index in [-0.39, 0.29) is 5.60 Å². The second-order valence-corrected chi connectivity index (χ2v) is 6.41. The van der Waals surface area contributed by atoms with Gasteiger partial charge in [0.05, 0.1) is 25.1 Å².